The van der Waals surface area contributed by atoms with Crippen molar-refractivity contribution in [3.8, 4) is 11.7 Å². The number of rotatable bonds is 2. The molecule has 2 heterocycles. The van der Waals surface area contributed by atoms with Crippen LogP contribution in [0.4, 0.5) is 4.79 Å². The number of H-pyrrole nitrogens is 1. The standard InChI is InChI=1S/C11H7ClN4O3/c12-7-2-1-3-8-9(7)15-10(14-8)16-5-6(4-13-16)19-11(17)18/h1-5H,(H,14,15)(H,17,18). The van der Waals surface area contributed by atoms with E-state index < -0.39 is 6.16 Å². The molecule has 0 aliphatic carbocycles. The minimum atomic E-state index is -1.40. The monoisotopic (exact) mass is 278 g/mol. The number of ether oxygens (including phenoxy) is 1. The van der Waals surface area contributed by atoms with E-state index in [4.69, 9.17) is 16.7 Å². The average Bonchev–Trinajstić information content (AvgIpc) is 2.94. The van der Waals surface area contributed by atoms with Crippen molar-refractivity contribution in [1.29, 1.82) is 0 Å². The normalized spacial score (nSPS) is 10.8. The van der Waals surface area contributed by atoms with Crippen LogP contribution in [0, 0.1) is 0 Å². The van der Waals surface area contributed by atoms with Crippen LogP contribution in [-0.4, -0.2) is 31.0 Å². The second kappa shape index (κ2) is 4.29. The summed E-state index contributed by atoms with van der Waals surface area (Å²) in [5.41, 5.74) is 1.38. The summed E-state index contributed by atoms with van der Waals surface area (Å²) in [7, 11) is 0. The third-order valence-electron chi connectivity index (χ3n) is 2.43. The molecule has 2 N–H and O–H groups in total. The Morgan fingerprint density at radius 2 is 2.32 bits per heavy atom. The summed E-state index contributed by atoms with van der Waals surface area (Å²) in [6, 6.07) is 5.36. The highest BCUT2D eigenvalue weighted by atomic mass is 35.5. The van der Waals surface area contributed by atoms with Crippen LogP contribution < -0.4 is 4.74 Å². The van der Waals surface area contributed by atoms with Gasteiger partial charge in [-0.3, -0.25) is 0 Å². The van der Waals surface area contributed by atoms with E-state index in [-0.39, 0.29) is 5.75 Å². The Labute approximate surface area is 111 Å². The lowest BCUT2D eigenvalue weighted by molar-refractivity contribution is 0.144. The zero-order valence-electron chi connectivity index (χ0n) is 9.37. The first-order valence-corrected chi connectivity index (χ1v) is 5.61. The Morgan fingerprint density at radius 1 is 1.47 bits per heavy atom. The van der Waals surface area contributed by atoms with Crippen molar-refractivity contribution in [3.05, 3.63) is 35.6 Å². The van der Waals surface area contributed by atoms with Gasteiger partial charge in [-0.05, 0) is 12.1 Å². The van der Waals surface area contributed by atoms with Gasteiger partial charge < -0.3 is 14.8 Å². The van der Waals surface area contributed by atoms with E-state index in [1.807, 2.05) is 6.07 Å². The van der Waals surface area contributed by atoms with Gasteiger partial charge >= 0.3 is 6.16 Å². The van der Waals surface area contributed by atoms with Crippen molar-refractivity contribution >= 4 is 28.8 Å². The van der Waals surface area contributed by atoms with Gasteiger partial charge in [0.2, 0.25) is 5.95 Å². The van der Waals surface area contributed by atoms with Crippen LogP contribution in [0.25, 0.3) is 17.0 Å². The van der Waals surface area contributed by atoms with Gasteiger partial charge in [-0.1, -0.05) is 17.7 Å². The van der Waals surface area contributed by atoms with Crippen LogP contribution in [0.2, 0.25) is 5.02 Å². The van der Waals surface area contributed by atoms with Gasteiger partial charge in [0.25, 0.3) is 0 Å². The fourth-order valence-electron chi connectivity index (χ4n) is 1.67. The molecule has 7 nitrogen and oxygen atoms in total. The molecule has 3 rings (SSSR count). The number of para-hydroxylation sites is 1. The Balaban J connectivity index is 2.02. The number of carboxylic acid groups (broad SMARTS) is 1. The van der Waals surface area contributed by atoms with E-state index in [0.717, 1.165) is 5.52 Å². The molecule has 0 radical (unpaired) electrons. The van der Waals surface area contributed by atoms with E-state index >= 15 is 0 Å². The van der Waals surface area contributed by atoms with Gasteiger partial charge in [-0.2, -0.15) is 5.10 Å². The summed E-state index contributed by atoms with van der Waals surface area (Å²) < 4.78 is 5.85. The summed E-state index contributed by atoms with van der Waals surface area (Å²) in [6.07, 6.45) is 1.29. The maximum Gasteiger partial charge on any atom is 0.511 e. The molecule has 0 saturated heterocycles. The highest BCUT2D eigenvalue weighted by Crippen LogP contribution is 2.22. The minimum absolute atomic E-state index is 0.110. The molecule has 3 aromatic rings. The van der Waals surface area contributed by atoms with Crippen molar-refractivity contribution in [2.24, 2.45) is 0 Å². The maximum atomic E-state index is 10.4. The number of aromatic amines is 1. The molecule has 0 bridgehead atoms. The fourth-order valence-corrected chi connectivity index (χ4v) is 1.89. The van der Waals surface area contributed by atoms with Gasteiger partial charge in [-0.15, -0.1) is 0 Å². The van der Waals surface area contributed by atoms with E-state index in [9.17, 15) is 4.79 Å². The maximum absolute atomic E-state index is 10.4. The van der Waals surface area contributed by atoms with Crippen molar-refractivity contribution in [2.45, 2.75) is 0 Å². The fraction of sp³-hybridized carbons (Fsp3) is 0. The number of nitrogens with zero attached hydrogens (tertiary/aromatic N) is 3. The number of hydrogen-bond donors (Lipinski definition) is 2. The predicted octanol–water partition coefficient (Wildman–Crippen LogP) is 2.46. The van der Waals surface area contributed by atoms with Crippen LogP contribution in [0.5, 0.6) is 5.75 Å². The van der Waals surface area contributed by atoms with Crippen LogP contribution in [0.3, 0.4) is 0 Å². The molecule has 8 heteroatoms. The number of halogens is 1. The third-order valence-corrected chi connectivity index (χ3v) is 2.74. The molecule has 0 atom stereocenters. The van der Waals surface area contributed by atoms with Crippen LogP contribution in [0.1, 0.15) is 0 Å². The van der Waals surface area contributed by atoms with Crippen LogP contribution >= 0.6 is 11.6 Å². The van der Waals surface area contributed by atoms with Crippen molar-refractivity contribution < 1.29 is 14.6 Å². The summed E-state index contributed by atoms with van der Waals surface area (Å²) in [5.74, 6) is 0.530. The molecule has 0 aliphatic rings. The zero-order valence-corrected chi connectivity index (χ0v) is 10.1. The summed E-state index contributed by atoms with van der Waals surface area (Å²) in [4.78, 5) is 17.7. The molecule has 0 fully saturated rings. The van der Waals surface area contributed by atoms with Gasteiger partial charge in [0.05, 0.1) is 22.9 Å². The van der Waals surface area contributed by atoms with Crippen LogP contribution in [0.15, 0.2) is 30.6 Å². The lowest BCUT2D eigenvalue weighted by atomic mass is 10.3. The number of fused-ring (bicyclic) bond motifs is 1. The molecule has 0 saturated carbocycles. The molecule has 2 aromatic heterocycles. The molecule has 0 aliphatic heterocycles. The number of imidazole rings is 1. The van der Waals surface area contributed by atoms with Gasteiger partial charge in [0.15, 0.2) is 5.75 Å². The second-order valence-electron chi connectivity index (χ2n) is 3.68. The van der Waals surface area contributed by atoms with Crippen LogP contribution in [-0.2, 0) is 0 Å². The molecular formula is C11H7ClN4O3. The predicted molar refractivity (Wildman–Crippen MR) is 66.9 cm³/mol. The molecular weight excluding hydrogens is 272 g/mol. The lowest BCUT2D eigenvalue weighted by Crippen LogP contribution is -2.02. The molecule has 0 unspecified atom stereocenters. The van der Waals surface area contributed by atoms with Crippen molar-refractivity contribution in [1.82, 2.24) is 19.7 Å². The van der Waals surface area contributed by atoms with Gasteiger partial charge in [-0.25, -0.2) is 14.5 Å². The largest absolute Gasteiger partial charge is 0.511 e. The number of benzene rings is 1. The summed E-state index contributed by atoms with van der Waals surface area (Å²) >= 11 is 6.02. The van der Waals surface area contributed by atoms with E-state index in [0.29, 0.717) is 16.5 Å². The topological polar surface area (TPSA) is 93.0 Å². The number of carbonyl (C=O) groups is 1. The van der Waals surface area contributed by atoms with E-state index in [1.54, 1.807) is 12.1 Å². The second-order valence-corrected chi connectivity index (χ2v) is 4.09. The quantitative estimate of drug-likeness (QED) is 0.702. The highest BCUT2D eigenvalue weighted by Gasteiger charge is 2.10. The van der Waals surface area contributed by atoms with Gasteiger partial charge in [0, 0.05) is 0 Å². The summed E-state index contributed by atoms with van der Waals surface area (Å²) in [5, 5.41) is 13.0. The Bertz CT molecular complexity index is 764. The van der Waals surface area contributed by atoms with Crippen molar-refractivity contribution in [3.63, 3.8) is 0 Å². The number of hydrogen-bond acceptors (Lipinski definition) is 4. The average molecular weight is 279 g/mol. The first kappa shape index (κ1) is 11.5. The Kier molecular flexibility index (Phi) is 2.60. The Hall–Kier alpha value is -2.54. The first-order valence-electron chi connectivity index (χ1n) is 5.23. The first-order chi connectivity index (χ1) is 9.13. The lowest BCUT2D eigenvalue weighted by Gasteiger charge is -1.93. The van der Waals surface area contributed by atoms with E-state index in [2.05, 4.69) is 19.8 Å². The Morgan fingerprint density at radius 3 is 3.05 bits per heavy atom. The molecule has 96 valence electrons. The molecule has 19 heavy (non-hydrogen) atoms. The summed E-state index contributed by atoms with van der Waals surface area (Å²) in [6.45, 7) is 0. The third kappa shape index (κ3) is 2.11. The van der Waals surface area contributed by atoms with Gasteiger partial charge in [0.1, 0.15) is 5.52 Å². The SMILES string of the molecule is O=C(O)Oc1cnn(-c2nc3c(Cl)cccc3[nH]2)c1. The number of aromatic nitrogens is 4. The molecule has 0 amide bonds. The van der Waals surface area contributed by atoms with E-state index in [1.165, 1.54) is 17.1 Å². The molecule has 0 spiro atoms. The zero-order chi connectivity index (χ0) is 13.4. The minimum Gasteiger partial charge on any atom is -0.449 e. The molecule has 1 aromatic carbocycles. The smallest absolute Gasteiger partial charge is 0.449 e. The number of nitrogens with one attached hydrogen (secondary N) is 1. The van der Waals surface area contributed by atoms with Crippen molar-refractivity contribution in [2.75, 3.05) is 0 Å². The highest BCUT2D eigenvalue weighted by molar-refractivity contribution is 6.34.